The monoisotopic (exact) mass is 260 g/mol. The first-order valence-electron chi connectivity index (χ1n) is 5.77. The molecule has 0 bridgehead atoms. The van der Waals surface area contributed by atoms with Crippen molar-refractivity contribution in [2.45, 2.75) is 6.42 Å². The van der Waals surface area contributed by atoms with Gasteiger partial charge in [0.05, 0.1) is 12.1 Å². The van der Waals surface area contributed by atoms with Crippen molar-refractivity contribution < 1.29 is 13.6 Å². The molecule has 1 aliphatic heterocycles. The Kier molecular flexibility index (Phi) is 2.67. The van der Waals surface area contributed by atoms with E-state index in [0.717, 1.165) is 0 Å². The van der Waals surface area contributed by atoms with Gasteiger partial charge in [0, 0.05) is 11.4 Å². The molecule has 2 N–H and O–H groups in total. The zero-order valence-electron chi connectivity index (χ0n) is 9.84. The Morgan fingerprint density at radius 3 is 2.58 bits per heavy atom. The van der Waals surface area contributed by atoms with Gasteiger partial charge in [0.2, 0.25) is 5.91 Å². The van der Waals surface area contributed by atoms with Crippen LogP contribution in [-0.2, 0) is 11.2 Å². The smallest absolute Gasteiger partial charge is 0.228 e. The van der Waals surface area contributed by atoms with Gasteiger partial charge in [0.15, 0.2) is 0 Å². The Morgan fingerprint density at radius 2 is 1.84 bits per heavy atom. The predicted octanol–water partition coefficient (Wildman–Crippen LogP) is 3.20. The van der Waals surface area contributed by atoms with Crippen LogP contribution in [0.25, 0.3) is 0 Å². The lowest BCUT2D eigenvalue weighted by Gasteiger charge is -2.09. The van der Waals surface area contributed by atoms with Crippen LogP contribution in [-0.4, -0.2) is 5.91 Å². The highest BCUT2D eigenvalue weighted by Crippen LogP contribution is 2.30. The van der Waals surface area contributed by atoms with Crippen molar-refractivity contribution in [2.24, 2.45) is 0 Å². The first-order chi connectivity index (χ1) is 9.11. The van der Waals surface area contributed by atoms with Gasteiger partial charge in [-0.05, 0) is 42.0 Å². The molecule has 1 aliphatic rings. The highest BCUT2D eigenvalue weighted by Gasteiger charge is 2.20. The van der Waals surface area contributed by atoms with Crippen LogP contribution in [0.4, 0.5) is 25.8 Å². The molecule has 0 spiro atoms. The van der Waals surface area contributed by atoms with Gasteiger partial charge in [0.25, 0.3) is 0 Å². The van der Waals surface area contributed by atoms with Gasteiger partial charge in [-0.3, -0.25) is 4.79 Å². The normalized spacial score (nSPS) is 13.1. The fraction of sp³-hybridized carbons (Fsp3) is 0.0714. The number of rotatable bonds is 2. The van der Waals surface area contributed by atoms with Gasteiger partial charge in [-0.1, -0.05) is 0 Å². The first-order valence-corrected chi connectivity index (χ1v) is 5.77. The van der Waals surface area contributed by atoms with E-state index >= 15 is 0 Å². The van der Waals surface area contributed by atoms with Crippen molar-refractivity contribution in [3.63, 3.8) is 0 Å². The Balaban J connectivity index is 1.91. The zero-order valence-corrected chi connectivity index (χ0v) is 9.84. The highest BCUT2D eigenvalue weighted by atomic mass is 19.1. The summed E-state index contributed by atoms with van der Waals surface area (Å²) in [5.41, 5.74) is 2.07. The fourth-order valence-electron chi connectivity index (χ4n) is 2.03. The molecule has 2 aromatic carbocycles. The minimum Gasteiger partial charge on any atom is -0.353 e. The van der Waals surface area contributed by atoms with E-state index in [1.54, 1.807) is 6.07 Å². The lowest BCUT2D eigenvalue weighted by atomic mass is 10.1. The second-order valence-electron chi connectivity index (χ2n) is 4.35. The number of halogens is 2. The molecule has 5 heteroatoms. The van der Waals surface area contributed by atoms with Gasteiger partial charge in [0.1, 0.15) is 11.6 Å². The molecule has 0 saturated carbocycles. The fourth-order valence-corrected chi connectivity index (χ4v) is 2.03. The molecule has 0 fully saturated rings. The molecule has 2 aromatic rings. The quantitative estimate of drug-likeness (QED) is 0.870. The largest absolute Gasteiger partial charge is 0.353 e. The highest BCUT2D eigenvalue weighted by molar-refractivity contribution is 5.99. The number of benzene rings is 2. The first kappa shape index (κ1) is 11.6. The zero-order chi connectivity index (χ0) is 13.4. The van der Waals surface area contributed by atoms with Gasteiger partial charge in [-0.15, -0.1) is 0 Å². The van der Waals surface area contributed by atoms with Crippen LogP contribution in [0.1, 0.15) is 5.56 Å². The van der Waals surface area contributed by atoms with E-state index in [0.29, 0.717) is 16.9 Å². The maximum absolute atomic E-state index is 13.9. The number of carbonyl (C=O) groups is 1. The van der Waals surface area contributed by atoms with Crippen molar-refractivity contribution in [1.29, 1.82) is 0 Å². The summed E-state index contributed by atoms with van der Waals surface area (Å²) in [5, 5.41) is 5.51. The Hall–Kier alpha value is -2.43. The molecular weight excluding hydrogens is 250 g/mol. The second-order valence-corrected chi connectivity index (χ2v) is 4.35. The molecule has 96 valence electrons. The van der Waals surface area contributed by atoms with Crippen molar-refractivity contribution in [3.05, 3.63) is 53.6 Å². The van der Waals surface area contributed by atoms with Crippen LogP contribution in [0, 0.1) is 11.6 Å². The van der Waals surface area contributed by atoms with E-state index in [2.05, 4.69) is 10.6 Å². The van der Waals surface area contributed by atoms with E-state index in [1.807, 2.05) is 0 Å². The van der Waals surface area contributed by atoms with E-state index in [9.17, 15) is 13.6 Å². The standard InChI is InChI=1S/C14H10F2N2O/c15-9-1-3-10(4-2-9)17-13-7-12-8(5-11(13)16)6-14(19)18-12/h1-5,7,17H,6H2,(H,18,19). The Morgan fingerprint density at radius 1 is 1.11 bits per heavy atom. The predicted molar refractivity (Wildman–Crippen MR) is 68.4 cm³/mol. The summed E-state index contributed by atoms with van der Waals surface area (Å²) in [6.07, 6.45) is 0.198. The molecular formula is C14H10F2N2O. The van der Waals surface area contributed by atoms with Crippen molar-refractivity contribution in [3.8, 4) is 0 Å². The summed E-state index contributed by atoms with van der Waals surface area (Å²) < 4.78 is 26.6. The second kappa shape index (κ2) is 4.35. The minimum absolute atomic E-state index is 0.145. The molecule has 0 saturated heterocycles. The third-order valence-corrected chi connectivity index (χ3v) is 2.94. The summed E-state index contributed by atoms with van der Waals surface area (Å²) >= 11 is 0. The van der Waals surface area contributed by atoms with E-state index < -0.39 is 5.82 Å². The van der Waals surface area contributed by atoms with Gasteiger partial charge >= 0.3 is 0 Å². The van der Waals surface area contributed by atoms with Gasteiger partial charge < -0.3 is 10.6 Å². The van der Waals surface area contributed by atoms with Crippen LogP contribution in [0.15, 0.2) is 36.4 Å². The third-order valence-electron chi connectivity index (χ3n) is 2.94. The maximum atomic E-state index is 13.9. The minimum atomic E-state index is -0.445. The van der Waals surface area contributed by atoms with Crippen molar-refractivity contribution in [2.75, 3.05) is 10.6 Å². The molecule has 1 heterocycles. The summed E-state index contributed by atoms with van der Waals surface area (Å²) in [4.78, 5) is 11.2. The summed E-state index contributed by atoms with van der Waals surface area (Å²) in [6.45, 7) is 0. The molecule has 0 radical (unpaired) electrons. The number of hydrogen-bond donors (Lipinski definition) is 2. The topological polar surface area (TPSA) is 41.1 Å². The molecule has 0 atom stereocenters. The maximum Gasteiger partial charge on any atom is 0.228 e. The van der Waals surface area contributed by atoms with Crippen LogP contribution in [0.3, 0.4) is 0 Å². The van der Waals surface area contributed by atoms with Crippen LogP contribution >= 0.6 is 0 Å². The number of amides is 1. The van der Waals surface area contributed by atoms with Crippen molar-refractivity contribution >= 4 is 23.0 Å². The molecule has 0 aliphatic carbocycles. The molecule has 19 heavy (non-hydrogen) atoms. The molecule has 0 aromatic heterocycles. The Bertz CT molecular complexity index is 653. The summed E-state index contributed by atoms with van der Waals surface area (Å²) in [7, 11) is 0. The molecule has 1 amide bonds. The summed E-state index contributed by atoms with van der Waals surface area (Å²) in [6, 6.07) is 8.48. The summed E-state index contributed by atoms with van der Waals surface area (Å²) in [5.74, 6) is -0.944. The SMILES string of the molecule is O=C1Cc2cc(F)c(Nc3ccc(F)cc3)cc2N1. The van der Waals surface area contributed by atoms with Crippen molar-refractivity contribution in [1.82, 2.24) is 0 Å². The number of fused-ring (bicyclic) bond motifs is 1. The van der Waals surface area contributed by atoms with E-state index in [4.69, 9.17) is 0 Å². The Labute approximate surface area is 108 Å². The average Bonchev–Trinajstić information content (AvgIpc) is 2.72. The molecule has 3 rings (SSSR count). The van der Waals surface area contributed by atoms with Crippen LogP contribution in [0.5, 0.6) is 0 Å². The molecule has 0 unspecified atom stereocenters. The van der Waals surface area contributed by atoms with Crippen LogP contribution < -0.4 is 10.6 Å². The lowest BCUT2D eigenvalue weighted by Crippen LogP contribution is -2.03. The van der Waals surface area contributed by atoms with Crippen LogP contribution in [0.2, 0.25) is 0 Å². The number of anilines is 3. The van der Waals surface area contributed by atoms with E-state index in [-0.39, 0.29) is 23.8 Å². The number of carbonyl (C=O) groups excluding carboxylic acids is 1. The molecule has 3 nitrogen and oxygen atoms in total. The number of nitrogens with one attached hydrogen (secondary N) is 2. The number of hydrogen-bond acceptors (Lipinski definition) is 2. The van der Waals surface area contributed by atoms with E-state index in [1.165, 1.54) is 30.3 Å². The third kappa shape index (κ3) is 2.27. The lowest BCUT2D eigenvalue weighted by molar-refractivity contribution is -0.115. The van der Waals surface area contributed by atoms with Gasteiger partial charge in [-0.2, -0.15) is 0 Å². The average molecular weight is 260 g/mol. The van der Waals surface area contributed by atoms with Gasteiger partial charge in [-0.25, -0.2) is 8.78 Å².